The van der Waals surface area contributed by atoms with Crippen LogP contribution in [0.2, 0.25) is 5.02 Å². The third-order valence-electron chi connectivity index (χ3n) is 3.79. The Morgan fingerprint density at radius 1 is 1.24 bits per heavy atom. The first-order valence-electron chi connectivity index (χ1n) is 7.40. The molecule has 0 saturated carbocycles. The molecule has 0 aliphatic rings. The molecule has 1 N–H and O–H groups in total. The van der Waals surface area contributed by atoms with Crippen molar-refractivity contribution < 1.29 is 4.79 Å². The zero-order chi connectivity index (χ0) is 16.2. The molecule has 0 radical (unpaired) electrons. The molecule has 2 amide bonds. The lowest BCUT2D eigenvalue weighted by atomic mass is 9.96. The molecule has 0 aliphatic carbocycles. The number of urea groups is 1. The van der Waals surface area contributed by atoms with Gasteiger partial charge in [0, 0.05) is 23.7 Å². The molecule has 0 aliphatic heterocycles. The molecule has 0 bridgehead atoms. The smallest absolute Gasteiger partial charge is 0.317 e. The normalized spacial score (nSPS) is 13.1. The van der Waals surface area contributed by atoms with E-state index in [2.05, 4.69) is 19.2 Å². The maximum Gasteiger partial charge on any atom is 0.317 e. The highest BCUT2D eigenvalue weighted by Crippen LogP contribution is 2.16. The SMILES string of the molecule is CC(C)C(Cc1ccc(Cl)cc1)NC(=O)N(C)C(C)(C)C. The number of carbonyl (C=O) groups excluding carboxylic acids is 1. The molecule has 4 heteroatoms. The van der Waals surface area contributed by atoms with Gasteiger partial charge >= 0.3 is 6.03 Å². The van der Waals surface area contributed by atoms with Crippen molar-refractivity contribution in [2.24, 2.45) is 5.92 Å². The molecule has 21 heavy (non-hydrogen) atoms. The van der Waals surface area contributed by atoms with E-state index in [1.807, 2.05) is 52.1 Å². The lowest BCUT2D eigenvalue weighted by Gasteiger charge is -2.34. The summed E-state index contributed by atoms with van der Waals surface area (Å²) in [6, 6.07) is 7.86. The van der Waals surface area contributed by atoms with E-state index >= 15 is 0 Å². The standard InChI is InChI=1S/C17H27ClN2O/c1-12(2)15(11-13-7-9-14(18)10-8-13)19-16(21)20(6)17(3,4)5/h7-10,12,15H,11H2,1-6H3,(H,19,21). The van der Waals surface area contributed by atoms with Crippen LogP contribution in [0.1, 0.15) is 40.2 Å². The average Bonchev–Trinajstić information content (AvgIpc) is 2.38. The lowest BCUT2D eigenvalue weighted by Crippen LogP contribution is -2.52. The number of benzene rings is 1. The lowest BCUT2D eigenvalue weighted by molar-refractivity contribution is 0.159. The predicted molar refractivity (Wildman–Crippen MR) is 89.8 cm³/mol. The van der Waals surface area contributed by atoms with Gasteiger partial charge < -0.3 is 10.2 Å². The van der Waals surface area contributed by atoms with Crippen LogP contribution in [-0.2, 0) is 6.42 Å². The molecule has 0 fully saturated rings. The molecular formula is C17H27ClN2O. The fourth-order valence-electron chi connectivity index (χ4n) is 1.89. The molecular weight excluding hydrogens is 284 g/mol. The summed E-state index contributed by atoms with van der Waals surface area (Å²) in [7, 11) is 1.83. The van der Waals surface area contributed by atoms with Gasteiger partial charge in [0.15, 0.2) is 0 Å². The molecule has 0 heterocycles. The number of rotatable bonds is 4. The maximum atomic E-state index is 12.3. The van der Waals surface area contributed by atoms with Crippen molar-refractivity contribution in [2.45, 2.75) is 52.6 Å². The van der Waals surface area contributed by atoms with Gasteiger partial charge in [-0.15, -0.1) is 0 Å². The highest BCUT2D eigenvalue weighted by molar-refractivity contribution is 6.30. The van der Waals surface area contributed by atoms with E-state index in [9.17, 15) is 4.79 Å². The van der Waals surface area contributed by atoms with Gasteiger partial charge in [-0.05, 0) is 50.8 Å². The van der Waals surface area contributed by atoms with Gasteiger partial charge in [0.05, 0.1) is 0 Å². The minimum Gasteiger partial charge on any atom is -0.335 e. The Bertz CT molecular complexity index is 463. The molecule has 0 spiro atoms. The second-order valence-electron chi connectivity index (χ2n) is 6.86. The quantitative estimate of drug-likeness (QED) is 0.881. The Morgan fingerprint density at radius 2 is 1.76 bits per heavy atom. The Hall–Kier alpha value is -1.22. The zero-order valence-electron chi connectivity index (χ0n) is 13.9. The van der Waals surface area contributed by atoms with Gasteiger partial charge in [-0.2, -0.15) is 0 Å². The molecule has 1 atom stereocenters. The van der Waals surface area contributed by atoms with E-state index in [4.69, 9.17) is 11.6 Å². The summed E-state index contributed by atoms with van der Waals surface area (Å²) in [6.45, 7) is 10.3. The van der Waals surface area contributed by atoms with Gasteiger partial charge in [-0.3, -0.25) is 0 Å². The van der Waals surface area contributed by atoms with Gasteiger partial charge in [-0.25, -0.2) is 4.79 Å². The Kier molecular flexibility index (Phi) is 6.09. The van der Waals surface area contributed by atoms with Crippen LogP contribution < -0.4 is 5.32 Å². The fourth-order valence-corrected chi connectivity index (χ4v) is 2.01. The highest BCUT2D eigenvalue weighted by atomic mass is 35.5. The van der Waals surface area contributed by atoms with Crippen molar-refractivity contribution in [1.29, 1.82) is 0 Å². The summed E-state index contributed by atoms with van der Waals surface area (Å²) < 4.78 is 0. The number of nitrogens with one attached hydrogen (secondary N) is 1. The third-order valence-corrected chi connectivity index (χ3v) is 4.05. The molecule has 0 saturated heterocycles. The minimum absolute atomic E-state index is 0.0323. The summed E-state index contributed by atoms with van der Waals surface area (Å²) in [5.41, 5.74) is 0.989. The molecule has 1 aromatic carbocycles. The van der Waals surface area contributed by atoms with Crippen molar-refractivity contribution >= 4 is 17.6 Å². The van der Waals surface area contributed by atoms with Crippen LogP contribution in [0.5, 0.6) is 0 Å². The molecule has 1 rings (SSSR count). The Labute approximate surface area is 133 Å². The Balaban J connectivity index is 2.74. The first kappa shape index (κ1) is 17.8. The van der Waals surface area contributed by atoms with Crippen LogP contribution in [0.25, 0.3) is 0 Å². The van der Waals surface area contributed by atoms with Crippen molar-refractivity contribution in [1.82, 2.24) is 10.2 Å². The maximum absolute atomic E-state index is 12.3. The second-order valence-corrected chi connectivity index (χ2v) is 7.30. The second kappa shape index (κ2) is 7.17. The number of hydrogen-bond acceptors (Lipinski definition) is 1. The summed E-state index contributed by atoms with van der Waals surface area (Å²) >= 11 is 5.91. The number of carbonyl (C=O) groups is 1. The summed E-state index contributed by atoms with van der Waals surface area (Å²) in [4.78, 5) is 14.1. The first-order valence-corrected chi connectivity index (χ1v) is 7.78. The number of halogens is 1. The van der Waals surface area contributed by atoms with Crippen LogP contribution >= 0.6 is 11.6 Å². The number of amides is 2. The molecule has 3 nitrogen and oxygen atoms in total. The molecule has 1 aromatic rings. The van der Waals surface area contributed by atoms with Crippen molar-refractivity contribution in [2.75, 3.05) is 7.05 Å². The topological polar surface area (TPSA) is 32.3 Å². The van der Waals surface area contributed by atoms with Crippen LogP contribution in [0, 0.1) is 5.92 Å². The van der Waals surface area contributed by atoms with E-state index in [1.54, 1.807) is 4.90 Å². The number of hydrogen-bond donors (Lipinski definition) is 1. The summed E-state index contributed by atoms with van der Waals surface area (Å²) in [5.74, 6) is 0.359. The van der Waals surface area contributed by atoms with E-state index in [1.165, 1.54) is 5.56 Å². The van der Waals surface area contributed by atoms with Crippen LogP contribution in [0.4, 0.5) is 4.79 Å². The molecule has 1 unspecified atom stereocenters. The van der Waals surface area contributed by atoms with Crippen molar-refractivity contribution in [3.05, 3.63) is 34.9 Å². The van der Waals surface area contributed by atoms with Gasteiger partial charge in [-0.1, -0.05) is 37.6 Å². The largest absolute Gasteiger partial charge is 0.335 e. The molecule has 118 valence electrons. The predicted octanol–water partition coefficient (Wildman–Crippen LogP) is 4.35. The third kappa shape index (κ3) is 5.58. The van der Waals surface area contributed by atoms with E-state index in [0.717, 1.165) is 11.4 Å². The van der Waals surface area contributed by atoms with Crippen LogP contribution in [0.15, 0.2) is 24.3 Å². The van der Waals surface area contributed by atoms with Gasteiger partial charge in [0.1, 0.15) is 0 Å². The molecule has 0 aromatic heterocycles. The van der Waals surface area contributed by atoms with Gasteiger partial charge in [0.2, 0.25) is 0 Å². The zero-order valence-corrected chi connectivity index (χ0v) is 14.7. The monoisotopic (exact) mass is 310 g/mol. The van der Waals surface area contributed by atoms with Crippen molar-refractivity contribution in [3.8, 4) is 0 Å². The summed E-state index contributed by atoms with van der Waals surface area (Å²) in [6.07, 6.45) is 0.804. The number of nitrogens with zero attached hydrogens (tertiary/aromatic N) is 1. The van der Waals surface area contributed by atoms with Crippen molar-refractivity contribution in [3.63, 3.8) is 0 Å². The van der Waals surface area contributed by atoms with Crippen LogP contribution in [0.3, 0.4) is 0 Å². The summed E-state index contributed by atoms with van der Waals surface area (Å²) in [5, 5.41) is 3.87. The van der Waals surface area contributed by atoms with E-state index < -0.39 is 0 Å². The Morgan fingerprint density at radius 3 is 2.19 bits per heavy atom. The first-order chi connectivity index (χ1) is 9.61. The van der Waals surface area contributed by atoms with E-state index in [-0.39, 0.29) is 17.6 Å². The fraction of sp³-hybridized carbons (Fsp3) is 0.588. The van der Waals surface area contributed by atoms with E-state index in [0.29, 0.717) is 5.92 Å². The van der Waals surface area contributed by atoms with Gasteiger partial charge in [0.25, 0.3) is 0 Å². The van der Waals surface area contributed by atoms with Crippen LogP contribution in [-0.4, -0.2) is 29.6 Å². The highest BCUT2D eigenvalue weighted by Gasteiger charge is 2.25. The average molecular weight is 311 g/mol. The minimum atomic E-state index is -0.189.